The maximum absolute atomic E-state index is 11.7. The quantitative estimate of drug-likeness (QED) is 0.805. The first-order chi connectivity index (χ1) is 8.88. The zero-order valence-corrected chi connectivity index (χ0v) is 10.3. The molecule has 1 aromatic heterocycles. The molecule has 0 unspecified atom stereocenters. The average molecular weight is 261 g/mol. The van der Waals surface area contributed by atoms with Gasteiger partial charge in [-0.2, -0.15) is 9.78 Å². The number of hydrogen-bond donors (Lipinski definition) is 2. The smallest absolute Gasteiger partial charge is 0.362 e. The molecular weight excluding hydrogens is 250 g/mol. The molecule has 2 aromatic rings. The van der Waals surface area contributed by atoms with Gasteiger partial charge in [0.15, 0.2) is 0 Å². The van der Waals surface area contributed by atoms with Crippen molar-refractivity contribution < 1.29 is 9.90 Å². The molecule has 2 N–H and O–H groups in total. The predicted octanol–water partition coefficient (Wildman–Crippen LogP) is 0.236. The molecular formula is C12H11N3O4. The minimum absolute atomic E-state index is 0.404. The Balaban J connectivity index is 2.75. The van der Waals surface area contributed by atoms with Crippen LogP contribution in [0, 0.1) is 13.8 Å². The number of nitrogens with zero attached hydrogens (tertiary/aromatic N) is 2. The lowest BCUT2D eigenvalue weighted by atomic mass is 10.1. The minimum Gasteiger partial charge on any atom is -0.476 e. The minimum atomic E-state index is -1.49. The molecule has 1 heterocycles. The monoisotopic (exact) mass is 261 g/mol. The number of rotatable bonds is 2. The van der Waals surface area contributed by atoms with Gasteiger partial charge in [0.1, 0.15) is 0 Å². The highest BCUT2D eigenvalue weighted by molar-refractivity contribution is 5.84. The van der Waals surface area contributed by atoms with Gasteiger partial charge in [-0.05, 0) is 37.1 Å². The second-order valence-electron chi connectivity index (χ2n) is 4.17. The Bertz CT molecular complexity index is 753. The van der Waals surface area contributed by atoms with Crippen molar-refractivity contribution in [3.8, 4) is 5.69 Å². The summed E-state index contributed by atoms with van der Waals surface area (Å²) in [5, 5.41) is 12.4. The van der Waals surface area contributed by atoms with Crippen molar-refractivity contribution in [1.29, 1.82) is 0 Å². The van der Waals surface area contributed by atoms with Gasteiger partial charge in [0.2, 0.25) is 5.69 Å². The lowest BCUT2D eigenvalue weighted by Crippen LogP contribution is -2.35. The Hall–Kier alpha value is -2.70. The molecule has 1 aromatic carbocycles. The summed E-state index contributed by atoms with van der Waals surface area (Å²) in [6.07, 6.45) is 0. The number of carbonyl (C=O) groups is 1. The van der Waals surface area contributed by atoms with E-state index in [0.717, 1.165) is 15.8 Å². The van der Waals surface area contributed by atoms with Crippen molar-refractivity contribution in [2.75, 3.05) is 0 Å². The third kappa shape index (κ3) is 2.44. The van der Waals surface area contributed by atoms with Crippen LogP contribution in [0.15, 0.2) is 27.8 Å². The van der Waals surface area contributed by atoms with E-state index < -0.39 is 22.9 Å². The van der Waals surface area contributed by atoms with E-state index in [1.165, 1.54) is 0 Å². The van der Waals surface area contributed by atoms with Crippen LogP contribution in [0.4, 0.5) is 0 Å². The van der Waals surface area contributed by atoms with Gasteiger partial charge in [0.25, 0.3) is 5.56 Å². The Morgan fingerprint density at radius 3 is 2.32 bits per heavy atom. The molecule has 0 bridgehead atoms. The molecule has 0 amide bonds. The normalized spacial score (nSPS) is 10.4. The number of benzene rings is 1. The Kier molecular flexibility index (Phi) is 3.04. The number of nitrogens with one attached hydrogen (secondary N) is 1. The van der Waals surface area contributed by atoms with Crippen LogP contribution in [0.25, 0.3) is 5.69 Å². The van der Waals surface area contributed by atoms with Gasteiger partial charge in [-0.3, -0.25) is 9.78 Å². The number of hydrogen-bond acceptors (Lipinski definition) is 4. The van der Waals surface area contributed by atoms with Gasteiger partial charge in [-0.25, -0.2) is 9.59 Å². The zero-order valence-electron chi connectivity index (χ0n) is 10.3. The molecule has 0 aliphatic carbocycles. The fraction of sp³-hybridized carbons (Fsp3) is 0.167. The van der Waals surface area contributed by atoms with E-state index in [1.54, 1.807) is 12.1 Å². The predicted molar refractivity (Wildman–Crippen MR) is 66.9 cm³/mol. The molecule has 0 atom stereocenters. The first-order valence-electron chi connectivity index (χ1n) is 5.44. The van der Waals surface area contributed by atoms with Gasteiger partial charge < -0.3 is 5.11 Å². The molecule has 0 aliphatic rings. The summed E-state index contributed by atoms with van der Waals surface area (Å²) < 4.78 is 0.866. The van der Waals surface area contributed by atoms with Crippen LogP contribution in [0.3, 0.4) is 0 Å². The first-order valence-corrected chi connectivity index (χ1v) is 5.44. The van der Waals surface area contributed by atoms with Gasteiger partial charge in [-0.15, -0.1) is 0 Å². The summed E-state index contributed by atoms with van der Waals surface area (Å²) in [5.41, 5.74) is -0.323. The van der Waals surface area contributed by atoms with E-state index >= 15 is 0 Å². The molecule has 0 radical (unpaired) electrons. The third-order valence-corrected chi connectivity index (χ3v) is 2.48. The molecule has 0 fully saturated rings. The second kappa shape index (κ2) is 4.52. The largest absolute Gasteiger partial charge is 0.476 e. The summed E-state index contributed by atoms with van der Waals surface area (Å²) in [7, 11) is 0. The average Bonchev–Trinajstić information content (AvgIpc) is 2.26. The van der Waals surface area contributed by atoms with Crippen LogP contribution in [0.5, 0.6) is 0 Å². The van der Waals surface area contributed by atoms with Crippen molar-refractivity contribution in [2.45, 2.75) is 13.8 Å². The van der Waals surface area contributed by atoms with E-state index in [2.05, 4.69) is 5.10 Å². The summed E-state index contributed by atoms with van der Waals surface area (Å²) in [5.74, 6) is -1.49. The summed E-state index contributed by atoms with van der Waals surface area (Å²) >= 11 is 0. The first kappa shape index (κ1) is 12.7. The van der Waals surface area contributed by atoms with Crippen LogP contribution in [-0.4, -0.2) is 25.8 Å². The van der Waals surface area contributed by atoms with Gasteiger partial charge in [0, 0.05) is 0 Å². The Morgan fingerprint density at radius 1 is 1.21 bits per heavy atom. The van der Waals surface area contributed by atoms with E-state index in [9.17, 15) is 14.4 Å². The number of aromatic nitrogens is 3. The van der Waals surface area contributed by atoms with Crippen molar-refractivity contribution in [3.05, 3.63) is 55.9 Å². The molecule has 0 saturated heterocycles. The van der Waals surface area contributed by atoms with Gasteiger partial charge >= 0.3 is 11.7 Å². The van der Waals surface area contributed by atoms with Crippen molar-refractivity contribution in [2.24, 2.45) is 0 Å². The Morgan fingerprint density at radius 2 is 1.79 bits per heavy atom. The number of H-pyrrole nitrogens is 1. The number of aromatic carboxylic acids is 1. The summed E-state index contributed by atoms with van der Waals surface area (Å²) in [6.45, 7) is 3.68. The van der Waals surface area contributed by atoms with Crippen molar-refractivity contribution in [3.63, 3.8) is 0 Å². The standard InChI is InChI=1S/C12H11N3O4/c1-6-3-7(2)5-8(4-6)15-12(19)13-10(16)9(14-15)11(17)18/h3-5H,1-2H3,(H,17,18)(H,13,16,19). The number of carboxylic acid groups (broad SMARTS) is 1. The van der Waals surface area contributed by atoms with E-state index in [1.807, 2.05) is 24.9 Å². The van der Waals surface area contributed by atoms with Crippen molar-refractivity contribution in [1.82, 2.24) is 14.8 Å². The van der Waals surface area contributed by atoms with Gasteiger partial charge in [0.05, 0.1) is 5.69 Å². The fourth-order valence-electron chi connectivity index (χ4n) is 1.79. The molecule has 7 nitrogen and oxygen atoms in total. The highest BCUT2D eigenvalue weighted by Crippen LogP contribution is 2.10. The Labute approximate surface area is 107 Å². The molecule has 98 valence electrons. The van der Waals surface area contributed by atoms with Gasteiger partial charge in [-0.1, -0.05) is 6.07 Å². The van der Waals surface area contributed by atoms with Crippen LogP contribution < -0.4 is 11.2 Å². The van der Waals surface area contributed by atoms with Crippen LogP contribution in [0.2, 0.25) is 0 Å². The maximum Gasteiger partial charge on any atom is 0.362 e. The zero-order chi connectivity index (χ0) is 14.2. The van der Waals surface area contributed by atoms with E-state index in [4.69, 9.17) is 5.11 Å². The van der Waals surface area contributed by atoms with E-state index in [0.29, 0.717) is 5.69 Å². The fourth-order valence-corrected chi connectivity index (χ4v) is 1.79. The topological polar surface area (TPSA) is 105 Å². The summed E-state index contributed by atoms with van der Waals surface area (Å²) in [6, 6.07) is 5.25. The van der Waals surface area contributed by atoms with E-state index in [-0.39, 0.29) is 0 Å². The lowest BCUT2D eigenvalue weighted by Gasteiger charge is -2.06. The second-order valence-corrected chi connectivity index (χ2v) is 4.17. The maximum atomic E-state index is 11.7. The molecule has 0 aliphatic heterocycles. The summed E-state index contributed by atoms with van der Waals surface area (Å²) in [4.78, 5) is 35.8. The molecule has 2 rings (SSSR count). The molecule has 0 saturated carbocycles. The molecule has 0 spiro atoms. The van der Waals surface area contributed by atoms with Crippen LogP contribution >= 0.6 is 0 Å². The van der Waals surface area contributed by atoms with Crippen LogP contribution in [0.1, 0.15) is 21.6 Å². The molecule has 19 heavy (non-hydrogen) atoms. The highest BCUT2D eigenvalue weighted by Gasteiger charge is 2.14. The third-order valence-electron chi connectivity index (χ3n) is 2.48. The molecule has 7 heteroatoms. The number of aromatic amines is 1. The SMILES string of the molecule is Cc1cc(C)cc(-n2nc(C(=O)O)c(=O)[nH]c2=O)c1. The lowest BCUT2D eigenvalue weighted by molar-refractivity contribution is 0.0685. The van der Waals surface area contributed by atoms with Crippen molar-refractivity contribution >= 4 is 5.97 Å². The van der Waals surface area contributed by atoms with Crippen LogP contribution in [-0.2, 0) is 0 Å². The highest BCUT2D eigenvalue weighted by atomic mass is 16.4. The number of carboxylic acids is 1. The number of aryl methyl sites for hydroxylation is 2.